The molecular weight excluding hydrogens is 216 g/mol. The second kappa shape index (κ2) is 3.23. The summed E-state index contributed by atoms with van der Waals surface area (Å²) in [7, 11) is -1.43. The van der Waals surface area contributed by atoms with Crippen LogP contribution in [0.4, 0.5) is 0 Å². The summed E-state index contributed by atoms with van der Waals surface area (Å²) in [6.07, 6.45) is 3.08. The van der Waals surface area contributed by atoms with Gasteiger partial charge in [-0.3, -0.25) is 4.98 Å². The van der Waals surface area contributed by atoms with Gasteiger partial charge in [-0.25, -0.2) is 9.35 Å². The largest absolute Gasteiger partial charge is 0.262 e. The Balaban J connectivity index is 3.07. The Bertz CT molecular complexity index is 266. The summed E-state index contributed by atoms with van der Waals surface area (Å²) in [6.45, 7) is 0. The van der Waals surface area contributed by atoms with Crippen LogP contribution >= 0.6 is 15.9 Å². The molecule has 5 heteroatoms. The first-order valence-corrected chi connectivity index (χ1v) is 4.47. The molecule has 1 aromatic rings. The molecule has 0 aliphatic rings. The van der Waals surface area contributed by atoms with Gasteiger partial charge in [0.1, 0.15) is 11.0 Å². The molecule has 54 valence electrons. The van der Waals surface area contributed by atoms with Gasteiger partial charge in [0, 0.05) is 16.9 Å². The highest BCUT2D eigenvalue weighted by Gasteiger charge is 1.97. The van der Waals surface area contributed by atoms with E-state index in [-0.39, 0.29) is 0 Å². The SMILES string of the molecule is NS(=O)c1cncc(Br)c1. The fourth-order valence-electron chi connectivity index (χ4n) is 0.502. The maximum Gasteiger partial charge on any atom is 0.123 e. The first kappa shape index (κ1) is 7.84. The molecular formula is C5H5BrN2OS. The van der Waals surface area contributed by atoms with E-state index < -0.39 is 11.0 Å². The molecule has 0 saturated heterocycles. The molecule has 0 aliphatic heterocycles. The zero-order chi connectivity index (χ0) is 7.56. The third kappa shape index (κ3) is 1.86. The van der Waals surface area contributed by atoms with Gasteiger partial charge in [0.05, 0.1) is 4.90 Å². The molecule has 0 aromatic carbocycles. The smallest absolute Gasteiger partial charge is 0.123 e. The van der Waals surface area contributed by atoms with Gasteiger partial charge in [-0.1, -0.05) is 0 Å². The summed E-state index contributed by atoms with van der Waals surface area (Å²) < 4.78 is 11.4. The lowest BCUT2D eigenvalue weighted by Gasteiger charge is -1.93. The van der Waals surface area contributed by atoms with Gasteiger partial charge in [0.2, 0.25) is 0 Å². The van der Waals surface area contributed by atoms with Gasteiger partial charge in [-0.05, 0) is 22.0 Å². The minimum atomic E-state index is -1.43. The second-order valence-electron chi connectivity index (χ2n) is 1.64. The summed E-state index contributed by atoms with van der Waals surface area (Å²) in [5, 5.41) is 5.09. The Hall–Kier alpha value is -0.260. The average Bonchev–Trinajstić information content (AvgIpc) is 1.88. The van der Waals surface area contributed by atoms with E-state index in [1.54, 1.807) is 12.3 Å². The van der Waals surface area contributed by atoms with E-state index in [0.717, 1.165) is 4.47 Å². The molecule has 0 bridgehead atoms. The van der Waals surface area contributed by atoms with Crippen molar-refractivity contribution in [3.05, 3.63) is 22.9 Å². The van der Waals surface area contributed by atoms with Crippen molar-refractivity contribution in [3.63, 3.8) is 0 Å². The van der Waals surface area contributed by atoms with Gasteiger partial charge in [0.15, 0.2) is 0 Å². The third-order valence-electron chi connectivity index (χ3n) is 0.912. The van der Waals surface area contributed by atoms with E-state index in [4.69, 9.17) is 5.14 Å². The summed E-state index contributed by atoms with van der Waals surface area (Å²) in [4.78, 5) is 4.31. The van der Waals surface area contributed by atoms with E-state index in [9.17, 15) is 4.21 Å². The lowest BCUT2D eigenvalue weighted by Crippen LogP contribution is -2.02. The highest BCUT2D eigenvalue weighted by Crippen LogP contribution is 2.10. The first-order valence-electron chi connectivity index (χ1n) is 2.47. The summed E-state index contributed by atoms with van der Waals surface area (Å²) >= 11 is 3.18. The quantitative estimate of drug-likeness (QED) is 0.763. The van der Waals surface area contributed by atoms with Gasteiger partial charge >= 0.3 is 0 Å². The number of hydrogen-bond donors (Lipinski definition) is 1. The molecule has 0 fully saturated rings. The Morgan fingerprint density at radius 2 is 2.30 bits per heavy atom. The van der Waals surface area contributed by atoms with Crippen molar-refractivity contribution >= 4 is 26.9 Å². The monoisotopic (exact) mass is 220 g/mol. The molecule has 2 N–H and O–H groups in total. The van der Waals surface area contributed by atoms with Crippen molar-refractivity contribution in [1.29, 1.82) is 0 Å². The fraction of sp³-hybridized carbons (Fsp3) is 0. The van der Waals surface area contributed by atoms with Crippen LogP contribution in [0.15, 0.2) is 27.8 Å². The minimum absolute atomic E-state index is 0.523. The minimum Gasteiger partial charge on any atom is -0.262 e. The highest BCUT2D eigenvalue weighted by atomic mass is 79.9. The molecule has 1 aromatic heterocycles. The second-order valence-corrected chi connectivity index (χ2v) is 3.62. The van der Waals surface area contributed by atoms with Gasteiger partial charge in [-0.2, -0.15) is 0 Å². The van der Waals surface area contributed by atoms with Crippen LogP contribution in [-0.2, 0) is 11.0 Å². The maximum absolute atomic E-state index is 10.6. The molecule has 0 amide bonds. The maximum atomic E-state index is 10.6. The van der Waals surface area contributed by atoms with E-state index in [1.165, 1.54) is 6.20 Å². The predicted octanol–water partition coefficient (Wildman–Crippen LogP) is 0.825. The van der Waals surface area contributed by atoms with Gasteiger partial charge in [0.25, 0.3) is 0 Å². The van der Waals surface area contributed by atoms with Crippen LogP contribution in [0.1, 0.15) is 0 Å². The van der Waals surface area contributed by atoms with Crippen molar-refractivity contribution < 1.29 is 4.21 Å². The summed E-state index contributed by atoms with van der Waals surface area (Å²) in [6, 6.07) is 1.67. The highest BCUT2D eigenvalue weighted by molar-refractivity contribution is 9.10. The van der Waals surface area contributed by atoms with Crippen LogP contribution in [0.5, 0.6) is 0 Å². The number of nitrogens with two attached hydrogens (primary N) is 1. The molecule has 0 radical (unpaired) electrons. The lowest BCUT2D eigenvalue weighted by molar-refractivity contribution is 0.684. The van der Waals surface area contributed by atoms with Crippen molar-refractivity contribution in [2.24, 2.45) is 5.14 Å². The van der Waals surface area contributed by atoms with Crippen LogP contribution in [0.3, 0.4) is 0 Å². The van der Waals surface area contributed by atoms with Crippen LogP contribution in [0.2, 0.25) is 0 Å². The van der Waals surface area contributed by atoms with Crippen LogP contribution in [0, 0.1) is 0 Å². The Kier molecular flexibility index (Phi) is 2.53. The molecule has 1 unspecified atom stereocenters. The summed E-state index contributed by atoms with van der Waals surface area (Å²) in [5.41, 5.74) is 0. The molecule has 0 saturated carbocycles. The Morgan fingerprint density at radius 1 is 1.60 bits per heavy atom. The number of rotatable bonds is 1. The predicted molar refractivity (Wildman–Crippen MR) is 42.5 cm³/mol. The average molecular weight is 221 g/mol. The molecule has 1 rings (SSSR count). The first-order chi connectivity index (χ1) is 4.70. The van der Waals surface area contributed by atoms with Crippen LogP contribution in [0.25, 0.3) is 0 Å². The van der Waals surface area contributed by atoms with Crippen molar-refractivity contribution in [3.8, 4) is 0 Å². The van der Waals surface area contributed by atoms with E-state index >= 15 is 0 Å². The standard InChI is InChI=1S/C5H5BrN2OS/c6-4-1-5(10(7)9)3-8-2-4/h1-3H,7H2. The van der Waals surface area contributed by atoms with E-state index in [0.29, 0.717) is 4.90 Å². The van der Waals surface area contributed by atoms with Crippen LogP contribution in [-0.4, -0.2) is 9.19 Å². The van der Waals surface area contributed by atoms with E-state index in [1.807, 2.05) is 0 Å². The van der Waals surface area contributed by atoms with Gasteiger partial charge in [-0.15, -0.1) is 0 Å². The lowest BCUT2D eigenvalue weighted by atomic mass is 10.5. The van der Waals surface area contributed by atoms with E-state index in [2.05, 4.69) is 20.9 Å². The Morgan fingerprint density at radius 3 is 2.70 bits per heavy atom. The molecule has 1 atom stereocenters. The molecule has 1 heterocycles. The number of pyridine rings is 1. The topological polar surface area (TPSA) is 56.0 Å². The zero-order valence-corrected chi connectivity index (χ0v) is 7.35. The third-order valence-corrected chi connectivity index (χ3v) is 2.03. The fourth-order valence-corrected chi connectivity index (χ4v) is 1.43. The van der Waals surface area contributed by atoms with Gasteiger partial charge < -0.3 is 0 Å². The number of hydrogen-bond acceptors (Lipinski definition) is 2. The van der Waals surface area contributed by atoms with Crippen molar-refractivity contribution in [1.82, 2.24) is 4.98 Å². The molecule has 10 heavy (non-hydrogen) atoms. The molecule has 0 spiro atoms. The zero-order valence-electron chi connectivity index (χ0n) is 4.95. The number of halogens is 1. The molecule has 0 aliphatic carbocycles. The number of nitrogens with zero attached hydrogens (tertiary/aromatic N) is 1. The normalized spacial score (nSPS) is 13.0. The molecule has 3 nitrogen and oxygen atoms in total. The summed E-state index contributed by atoms with van der Waals surface area (Å²) in [5.74, 6) is 0. The number of aromatic nitrogens is 1. The van der Waals surface area contributed by atoms with Crippen molar-refractivity contribution in [2.75, 3.05) is 0 Å². The van der Waals surface area contributed by atoms with Crippen LogP contribution < -0.4 is 5.14 Å². The Labute approximate surface area is 69.4 Å². The van der Waals surface area contributed by atoms with Crippen molar-refractivity contribution in [2.45, 2.75) is 4.90 Å².